The minimum Gasteiger partial charge on any atom is -0.484 e. The number of hydrogen-bond donors (Lipinski definition) is 1. The summed E-state index contributed by atoms with van der Waals surface area (Å²) < 4.78 is 101. The van der Waals surface area contributed by atoms with Crippen molar-refractivity contribution in [1.82, 2.24) is 14.8 Å². The molecule has 10 nitrogen and oxygen atoms in total. The van der Waals surface area contributed by atoms with Gasteiger partial charge in [-0.25, -0.2) is 18.9 Å². The predicted octanol–water partition coefficient (Wildman–Crippen LogP) is 7.07. The number of rotatable bonds is 9. The number of benzene rings is 3. The largest absolute Gasteiger partial charge is 0.484 e. The van der Waals surface area contributed by atoms with Crippen molar-refractivity contribution in [3.05, 3.63) is 83.9 Å². The molecule has 0 radical (unpaired) electrons. The van der Waals surface area contributed by atoms with Gasteiger partial charge in [0.1, 0.15) is 24.5 Å². The number of aryl methyl sites for hydroxylation is 1. The molecule has 0 bridgehead atoms. The first-order valence-electron chi connectivity index (χ1n) is 13.8. The monoisotopic (exact) mass is 696 g/mol. The number of ether oxygens (including phenoxy) is 2. The number of hydrogen-bond acceptors (Lipinski definition) is 7. The summed E-state index contributed by atoms with van der Waals surface area (Å²) in [5, 5.41) is 6.50. The Morgan fingerprint density at radius 2 is 1.73 bits per heavy atom. The lowest BCUT2D eigenvalue weighted by atomic mass is 10.1. The fraction of sp³-hybridized carbons (Fsp3) is 0.233. The van der Waals surface area contributed by atoms with E-state index in [4.69, 9.17) is 4.74 Å². The number of nitrogens with one attached hydrogen (secondary N) is 1. The number of halogens is 7. The van der Waals surface area contributed by atoms with Crippen molar-refractivity contribution in [3.63, 3.8) is 0 Å². The molecule has 1 aliphatic rings. The molecule has 252 valence electrons. The third-order valence-corrected chi connectivity index (χ3v) is 7.36. The maximum absolute atomic E-state index is 15.1. The summed E-state index contributed by atoms with van der Waals surface area (Å²) in [6.45, 7) is -1.67. The van der Waals surface area contributed by atoms with Crippen LogP contribution in [0, 0.1) is 12.7 Å². The standard InChI is InChI=1S/C30H23F7N6O4S/c1-17-2-3-19(12-46-14-29(32,33)34)24(10-17)43-25(44)13-48-28(43)40-27(45)39-23-9-4-18(11-22(23)31)26-38-16-42(41-26)20-5-7-21(8-6-20)47-15-30(35,36)37/h2-11,16H,12-15H2,1H3,(H,39,45)/b40-28-. The van der Waals surface area contributed by atoms with E-state index in [-0.39, 0.29) is 45.0 Å². The maximum Gasteiger partial charge on any atom is 0.422 e. The van der Waals surface area contributed by atoms with Crippen molar-refractivity contribution >= 4 is 40.2 Å². The number of amides is 3. The maximum atomic E-state index is 15.1. The summed E-state index contributed by atoms with van der Waals surface area (Å²) in [6.07, 6.45) is -7.71. The number of carbonyl (C=O) groups is 2. The van der Waals surface area contributed by atoms with Crippen molar-refractivity contribution in [2.75, 3.05) is 29.2 Å². The molecule has 3 amide bonds. The van der Waals surface area contributed by atoms with E-state index in [0.29, 0.717) is 11.3 Å². The Balaban J connectivity index is 1.27. The van der Waals surface area contributed by atoms with E-state index < -0.39 is 49.9 Å². The van der Waals surface area contributed by atoms with Crippen LogP contribution in [-0.2, 0) is 16.1 Å². The molecule has 0 unspecified atom stereocenters. The highest BCUT2D eigenvalue weighted by molar-refractivity contribution is 8.15. The van der Waals surface area contributed by atoms with Crippen LogP contribution < -0.4 is 15.0 Å². The van der Waals surface area contributed by atoms with E-state index in [1.165, 1.54) is 53.5 Å². The first-order valence-corrected chi connectivity index (χ1v) is 14.7. The van der Waals surface area contributed by atoms with Gasteiger partial charge in [0, 0.05) is 11.1 Å². The van der Waals surface area contributed by atoms with Crippen LogP contribution in [0.2, 0.25) is 0 Å². The zero-order chi connectivity index (χ0) is 34.6. The van der Waals surface area contributed by atoms with Gasteiger partial charge in [-0.2, -0.15) is 31.3 Å². The lowest BCUT2D eigenvalue weighted by molar-refractivity contribution is -0.176. The smallest absolute Gasteiger partial charge is 0.422 e. The molecule has 0 aliphatic carbocycles. The SMILES string of the molecule is Cc1ccc(COCC(F)(F)F)c(N2C(=O)CS/C2=N\C(=O)Nc2ccc(-c3ncn(-c4ccc(OCC(F)(F)F)cc4)n3)cc2F)c1. The van der Waals surface area contributed by atoms with Gasteiger partial charge in [0.05, 0.1) is 29.4 Å². The van der Waals surface area contributed by atoms with Gasteiger partial charge >= 0.3 is 18.4 Å². The summed E-state index contributed by atoms with van der Waals surface area (Å²) >= 11 is 0.923. The summed E-state index contributed by atoms with van der Waals surface area (Å²) in [5.41, 5.74) is 1.58. The van der Waals surface area contributed by atoms with Crippen LogP contribution in [0.4, 0.5) is 46.9 Å². The molecule has 0 atom stereocenters. The lowest BCUT2D eigenvalue weighted by Gasteiger charge is -2.21. The number of urea groups is 1. The zero-order valence-electron chi connectivity index (χ0n) is 24.6. The van der Waals surface area contributed by atoms with E-state index in [2.05, 4.69) is 25.1 Å². The minimum atomic E-state index is -4.55. The minimum absolute atomic E-state index is 0.00135. The predicted molar refractivity (Wildman–Crippen MR) is 162 cm³/mol. The number of carbonyl (C=O) groups excluding carboxylic acids is 2. The van der Waals surface area contributed by atoms with Crippen LogP contribution in [0.3, 0.4) is 0 Å². The van der Waals surface area contributed by atoms with Crippen LogP contribution in [0.1, 0.15) is 11.1 Å². The summed E-state index contributed by atoms with van der Waals surface area (Å²) in [7, 11) is 0. The third-order valence-electron chi connectivity index (χ3n) is 6.43. The van der Waals surface area contributed by atoms with Gasteiger partial charge < -0.3 is 14.8 Å². The van der Waals surface area contributed by atoms with E-state index in [9.17, 15) is 35.9 Å². The number of aliphatic imine (C=N–C) groups is 1. The number of amidine groups is 1. The Kier molecular flexibility index (Phi) is 10.0. The Hall–Kier alpha value is -4.97. The molecule has 1 fully saturated rings. The van der Waals surface area contributed by atoms with E-state index in [0.717, 1.165) is 22.7 Å². The van der Waals surface area contributed by atoms with Gasteiger partial charge in [-0.3, -0.25) is 9.69 Å². The van der Waals surface area contributed by atoms with E-state index >= 15 is 4.39 Å². The van der Waals surface area contributed by atoms with Crippen molar-refractivity contribution < 1.29 is 49.8 Å². The summed E-state index contributed by atoms with van der Waals surface area (Å²) in [5.74, 6) is -1.32. The summed E-state index contributed by atoms with van der Waals surface area (Å²) in [6, 6.07) is 13.0. The molecule has 1 N–H and O–H groups in total. The Morgan fingerprint density at radius 1 is 1.00 bits per heavy atom. The van der Waals surface area contributed by atoms with Gasteiger partial charge in [-0.1, -0.05) is 23.9 Å². The molecule has 5 rings (SSSR count). The number of thioether (sulfide) groups is 1. The summed E-state index contributed by atoms with van der Waals surface area (Å²) in [4.78, 5) is 34.7. The fourth-order valence-corrected chi connectivity index (χ4v) is 5.19. The van der Waals surface area contributed by atoms with Gasteiger partial charge in [0.15, 0.2) is 17.6 Å². The molecule has 0 spiro atoms. The topological polar surface area (TPSA) is 111 Å². The Labute approximate surface area is 271 Å². The van der Waals surface area contributed by atoms with Gasteiger partial charge in [-0.15, -0.1) is 5.10 Å². The number of anilines is 2. The van der Waals surface area contributed by atoms with Crippen LogP contribution >= 0.6 is 11.8 Å². The molecule has 0 saturated carbocycles. The van der Waals surface area contributed by atoms with E-state index in [1.807, 2.05) is 0 Å². The van der Waals surface area contributed by atoms with Gasteiger partial charge in [0.25, 0.3) is 0 Å². The highest BCUT2D eigenvalue weighted by Crippen LogP contribution is 2.32. The molecule has 1 aromatic heterocycles. The van der Waals surface area contributed by atoms with Crippen LogP contribution in [-0.4, -0.2) is 63.2 Å². The first-order chi connectivity index (χ1) is 22.6. The third kappa shape index (κ3) is 8.88. The fourth-order valence-electron chi connectivity index (χ4n) is 4.33. The van der Waals surface area contributed by atoms with Crippen molar-refractivity contribution in [1.29, 1.82) is 0 Å². The normalized spacial score (nSPS) is 14.5. The average molecular weight is 697 g/mol. The Bertz CT molecular complexity index is 1840. The quantitative estimate of drug-likeness (QED) is 0.187. The molecule has 4 aromatic rings. The van der Waals surface area contributed by atoms with Gasteiger partial charge in [0.2, 0.25) is 5.91 Å². The van der Waals surface area contributed by atoms with Crippen molar-refractivity contribution in [2.45, 2.75) is 25.9 Å². The van der Waals surface area contributed by atoms with E-state index in [1.54, 1.807) is 19.1 Å². The molecule has 18 heteroatoms. The number of nitrogens with zero attached hydrogens (tertiary/aromatic N) is 5. The van der Waals surface area contributed by atoms with Gasteiger partial charge in [-0.05, 0) is 61.0 Å². The molecular weight excluding hydrogens is 673 g/mol. The number of alkyl halides is 6. The second-order valence-electron chi connectivity index (χ2n) is 10.2. The van der Waals surface area contributed by atoms with Crippen LogP contribution in [0.15, 0.2) is 72.0 Å². The average Bonchev–Trinajstić information content (AvgIpc) is 3.64. The second-order valence-corrected chi connectivity index (χ2v) is 11.1. The molecule has 1 aliphatic heterocycles. The highest BCUT2D eigenvalue weighted by Gasteiger charge is 2.33. The number of aromatic nitrogens is 3. The van der Waals surface area contributed by atoms with Crippen LogP contribution in [0.25, 0.3) is 17.1 Å². The molecule has 1 saturated heterocycles. The Morgan fingerprint density at radius 3 is 2.42 bits per heavy atom. The van der Waals surface area contributed by atoms with Crippen molar-refractivity contribution in [3.8, 4) is 22.8 Å². The lowest BCUT2D eigenvalue weighted by Crippen LogP contribution is -2.31. The molecule has 48 heavy (non-hydrogen) atoms. The highest BCUT2D eigenvalue weighted by atomic mass is 32.2. The van der Waals surface area contributed by atoms with Crippen molar-refractivity contribution in [2.24, 2.45) is 4.99 Å². The first kappa shape index (κ1) is 34.4. The second kappa shape index (κ2) is 14.0. The molecule has 3 aromatic carbocycles. The molecular formula is C30H23F7N6O4S. The molecule has 2 heterocycles. The zero-order valence-corrected chi connectivity index (χ0v) is 25.4. The van der Waals surface area contributed by atoms with Crippen LogP contribution in [0.5, 0.6) is 5.75 Å².